The van der Waals surface area contributed by atoms with E-state index in [4.69, 9.17) is 14.1 Å². The number of rotatable bonds is 8. The van der Waals surface area contributed by atoms with Crippen LogP contribution in [0.2, 0.25) is 0 Å². The molecule has 0 amide bonds. The van der Waals surface area contributed by atoms with Gasteiger partial charge in [0.1, 0.15) is 5.69 Å². The van der Waals surface area contributed by atoms with Gasteiger partial charge in [-0.25, -0.2) is 9.78 Å². The molecular formula is C28H31N3O4Si. The van der Waals surface area contributed by atoms with E-state index < -0.39 is 20.8 Å². The zero-order valence-electron chi connectivity index (χ0n) is 21.3. The molecule has 0 N–H and O–H groups in total. The van der Waals surface area contributed by atoms with Crippen molar-refractivity contribution in [2.75, 3.05) is 6.61 Å². The van der Waals surface area contributed by atoms with Crippen molar-refractivity contribution in [2.45, 2.75) is 40.7 Å². The fraction of sp³-hybridized carbons (Fsp3) is 0.286. The number of aryl methyl sites for hydroxylation is 1. The van der Waals surface area contributed by atoms with Crippen molar-refractivity contribution in [3.63, 3.8) is 0 Å². The Hall–Kier alpha value is -3.62. The third kappa shape index (κ3) is 5.29. The number of aromatic nitrogens is 3. The smallest absolute Gasteiger partial charge is 0.381 e. The van der Waals surface area contributed by atoms with Crippen LogP contribution in [0.1, 0.15) is 55.7 Å². The largest absolute Gasteiger partial charge is 0.460 e. The van der Waals surface area contributed by atoms with Gasteiger partial charge in [-0.2, -0.15) is 0 Å². The van der Waals surface area contributed by atoms with E-state index in [2.05, 4.69) is 50.0 Å². The maximum Gasteiger partial charge on any atom is 0.381 e. The Morgan fingerprint density at radius 3 is 2.11 bits per heavy atom. The lowest BCUT2D eigenvalue weighted by atomic mass is 9.87. The molecule has 4 aromatic rings. The average molecular weight is 502 g/mol. The Morgan fingerprint density at radius 1 is 1.00 bits per heavy atom. The maximum absolute atomic E-state index is 12.9. The second kappa shape index (κ2) is 10.6. The van der Waals surface area contributed by atoms with Crippen molar-refractivity contribution in [3.8, 4) is 0 Å². The van der Waals surface area contributed by atoms with Crippen molar-refractivity contribution in [2.24, 2.45) is 5.41 Å². The van der Waals surface area contributed by atoms with Gasteiger partial charge in [0.15, 0.2) is 5.65 Å². The van der Waals surface area contributed by atoms with Gasteiger partial charge in [-0.15, -0.1) is 0 Å². The molecule has 4 rings (SSSR count). The lowest BCUT2D eigenvalue weighted by molar-refractivity contribution is -0.137. The summed E-state index contributed by atoms with van der Waals surface area (Å²) < 4.78 is 13.6. The van der Waals surface area contributed by atoms with Gasteiger partial charge in [0.25, 0.3) is 5.78 Å². The molecule has 1 unspecified atom stereocenters. The highest BCUT2D eigenvalue weighted by atomic mass is 28.3. The molecule has 0 radical (unpaired) electrons. The predicted octanol–water partition coefficient (Wildman–Crippen LogP) is 3.43. The first-order valence-electron chi connectivity index (χ1n) is 12.0. The van der Waals surface area contributed by atoms with Crippen LogP contribution in [-0.4, -0.2) is 41.8 Å². The number of benzene rings is 2. The van der Waals surface area contributed by atoms with Crippen LogP contribution in [0, 0.1) is 12.3 Å². The highest BCUT2D eigenvalue weighted by Gasteiger charge is 2.34. The van der Waals surface area contributed by atoms with E-state index in [9.17, 15) is 9.59 Å². The number of fused-ring (bicyclic) bond motifs is 1. The zero-order chi connectivity index (χ0) is 25.9. The van der Waals surface area contributed by atoms with Crippen molar-refractivity contribution < 1.29 is 18.8 Å². The van der Waals surface area contributed by atoms with E-state index in [0.29, 0.717) is 17.0 Å². The highest BCUT2D eigenvalue weighted by molar-refractivity contribution is 6.80. The Labute approximate surface area is 212 Å². The van der Waals surface area contributed by atoms with Crippen LogP contribution in [0.25, 0.3) is 5.65 Å². The molecule has 0 fully saturated rings. The van der Waals surface area contributed by atoms with Gasteiger partial charge in [-0.3, -0.25) is 14.2 Å². The first-order valence-corrected chi connectivity index (χ1v) is 13.6. The van der Waals surface area contributed by atoms with Crippen molar-refractivity contribution in [1.82, 2.24) is 14.4 Å². The van der Waals surface area contributed by atoms with Crippen LogP contribution in [0.3, 0.4) is 0 Å². The van der Waals surface area contributed by atoms with Gasteiger partial charge < -0.3 is 9.16 Å². The first-order chi connectivity index (χ1) is 17.2. The summed E-state index contributed by atoms with van der Waals surface area (Å²) in [5.41, 5.74) is 1.46. The van der Waals surface area contributed by atoms with Crippen LogP contribution in [-0.2, 0) is 14.0 Å². The van der Waals surface area contributed by atoms with Gasteiger partial charge >= 0.3 is 5.97 Å². The fourth-order valence-corrected chi connectivity index (χ4v) is 6.91. The van der Waals surface area contributed by atoms with E-state index in [1.165, 1.54) is 0 Å². The second-order valence-corrected chi connectivity index (χ2v) is 12.1. The molecule has 1 atom stereocenters. The van der Waals surface area contributed by atoms with Crippen LogP contribution >= 0.6 is 0 Å². The maximum atomic E-state index is 12.9. The van der Waals surface area contributed by atoms with Crippen LogP contribution < -0.4 is 10.4 Å². The van der Waals surface area contributed by atoms with Crippen molar-refractivity contribution in [3.05, 3.63) is 90.1 Å². The Morgan fingerprint density at radius 2 is 1.58 bits per heavy atom. The molecule has 0 aliphatic rings. The number of carbonyl (C=O) groups excluding carboxylic acids is 2. The summed E-state index contributed by atoms with van der Waals surface area (Å²) >= 11 is 0. The fourth-order valence-electron chi connectivity index (χ4n) is 4.25. The monoisotopic (exact) mass is 501 g/mol. The Balaban J connectivity index is 1.80. The molecule has 0 spiro atoms. The normalized spacial score (nSPS) is 12.6. The number of hydrogen-bond acceptors (Lipinski definition) is 6. The van der Waals surface area contributed by atoms with Gasteiger partial charge in [-0.1, -0.05) is 81.4 Å². The van der Waals surface area contributed by atoms with E-state index >= 15 is 0 Å². The van der Waals surface area contributed by atoms with Gasteiger partial charge in [0.2, 0.25) is 9.04 Å². The molecule has 36 heavy (non-hydrogen) atoms. The number of hydrogen-bond donors (Lipinski definition) is 0. The van der Waals surface area contributed by atoms with Crippen LogP contribution in [0.5, 0.6) is 0 Å². The van der Waals surface area contributed by atoms with Crippen LogP contribution in [0.15, 0.2) is 73.1 Å². The topological polar surface area (TPSA) is 82.8 Å². The second-order valence-electron chi connectivity index (χ2n) is 9.72. The Bertz CT molecular complexity index is 1320. The molecule has 0 aliphatic heterocycles. The molecule has 0 bridgehead atoms. The Kier molecular flexibility index (Phi) is 7.47. The zero-order valence-corrected chi connectivity index (χ0v) is 22.4. The third-order valence-corrected chi connectivity index (χ3v) is 8.44. The number of Topliss-reactive ketones (excluding diaryl/α,β-unsaturated/α-hetero) is 1. The lowest BCUT2D eigenvalue weighted by Crippen LogP contribution is -2.47. The third-order valence-electron chi connectivity index (χ3n) is 5.91. The average Bonchev–Trinajstić information content (AvgIpc) is 3.19. The summed E-state index contributed by atoms with van der Waals surface area (Å²) in [7, 11) is -2.10. The van der Waals surface area contributed by atoms with Crippen molar-refractivity contribution in [1.29, 1.82) is 0 Å². The minimum atomic E-state index is -2.10. The predicted molar refractivity (Wildman–Crippen MR) is 141 cm³/mol. The minimum Gasteiger partial charge on any atom is -0.460 e. The SMILES string of the molecule is CCOC(=O)C(=O)c1c(C)nc2cnc(C(O[SiH](c3ccccc3)c3ccccc3)C(C)(C)C)cn12. The number of carbonyl (C=O) groups is 2. The summed E-state index contributed by atoms with van der Waals surface area (Å²) in [6.45, 7) is 9.81. The summed E-state index contributed by atoms with van der Waals surface area (Å²) in [4.78, 5) is 34.2. The van der Waals surface area contributed by atoms with Crippen molar-refractivity contribution >= 4 is 36.8 Å². The molecule has 8 heteroatoms. The van der Waals surface area contributed by atoms with E-state index in [0.717, 1.165) is 10.4 Å². The molecule has 2 aromatic heterocycles. The summed E-state index contributed by atoms with van der Waals surface area (Å²) in [5, 5.41) is 2.33. The van der Waals surface area contributed by atoms with E-state index in [-0.39, 0.29) is 23.8 Å². The molecule has 0 saturated carbocycles. The first kappa shape index (κ1) is 25.5. The summed E-state index contributed by atoms with van der Waals surface area (Å²) in [5.74, 6) is -1.63. The molecule has 186 valence electrons. The molecule has 0 aliphatic carbocycles. The highest BCUT2D eigenvalue weighted by Crippen LogP contribution is 2.36. The van der Waals surface area contributed by atoms with Gasteiger partial charge in [0, 0.05) is 6.20 Å². The lowest BCUT2D eigenvalue weighted by Gasteiger charge is -2.34. The molecule has 2 heterocycles. The number of ketones is 1. The van der Waals surface area contributed by atoms with E-state index in [1.54, 1.807) is 30.6 Å². The van der Waals surface area contributed by atoms with Gasteiger partial charge in [0.05, 0.1) is 30.3 Å². The van der Waals surface area contributed by atoms with E-state index in [1.807, 2.05) is 36.4 Å². The minimum absolute atomic E-state index is 0.123. The standard InChI is InChI=1S/C28H31N3O4Si/c1-6-34-27(33)25(32)24-19(2)30-23-17-29-22(18-31(23)24)26(28(3,4)5)35-36(20-13-9-7-10-14-20)21-15-11-8-12-16-21/h7-18,26,36H,6H2,1-5H3. The molecule has 0 saturated heterocycles. The number of esters is 1. The number of imidazole rings is 1. The summed E-state index contributed by atoms with van der Waals surface area (Å²) in [6, 6.07) is 20.5. The quantitative estimate of drug-likeness (QED) is 0.159. The van der Waals surface area contributed by atoms with Gasteiger partial charge in [-0.05, 0) is 29.6 Å². The number of ether oxygens (including phenoxy) is 1. The summed E-state index contributed by atoms with van der Waals surface area (Å²) in [6.07, 6.45) is 3.00. The molecule has 2 aromatic carbocycles. The van der Waals surface area contributed by atoms with Crippen LogP contribution in [0.4, 0.5) is 0 Å². The molecule has 7 nitrogen and oxygen atoms in total. The number of nitrogens with zero attached hydrogens (tertiary/aromatic N) is 3. The molecular weight excluding hydrogens is 470 g/mol.